The summed E-state index contributed by atoms with van der Waals surface area (Å²) in [5.74, 6) is -1.18. The average molecular weight is 272 g/mol. The first-order chi connectivity index (χ1) is 8.51. The minimum Gasteiger partial charge on any atom is -0.478 e. The maximum absolute atomic E-state index is 12.2. The predicted octanol–water partition coefficient (Wildman–Crippen LogP) is -0.199. The van der Waals surface area contributed by atoms with Crippen LogP contribution in [-0.2, 0) is 14.8 Å². The van der Waals surface area contributed by atoms with E-state index in [0.717, 1.165) is 6.07 Å². The largest absolute Gasteiger partial charge is 0.478 e. The third-order valence-electron chi connectivity index (χ3n) is 2.56. The Morgan fingerprint density at radius 2 is 2.06 bits per heavy atom. The number of aromatic carboxylic acids is 1. The molecule has 0 aliphatic carbocycles. The fourth-order valence-electron chi connectivity index (χ4n) is 1.60. The van der Waals surface area contributed by atoms with Crippen LogP contribution in [-0.4, -0.2) is 55.1 Å². The molecule has 7 nitrogen and oxygen atoms in total. The molecule has 0 spiro atoms. The quantitative estimate of drug-likeness (QED) is 0.818. The summed E-state index contributed by atoms with van der Waals surface area (Å²) in [7, 11) is -3.74. The third kappa shape index (κ3) is 2.50. The van der Waals surface area contributed by atoms with Gasteiger partial charge in [0.25, 0.3) is 10.0 Å². The number of carboxylic acid groups (broad SMARTS) is 1. The second kappa shape index (κ2) is 5.01. The molecule has 1 N–H and O–H groups in total. The standard InChI is InChI=1S/C10H12N2O5S/c13-10(14)8-1-2-11-9(7-8)18(15,16)12-3-5-17-6-4-12/h1-2,7H,3-6H2,(H,13,14). The van der Waals surface area contributed by atoms with Gasteiger partial charge in [0, 0.05) is 19.3 Å². The molecule has 1 aliphatic rings. The number of pyridine rings is 1. The Morgan fingerprint density at radius 1 is 1.39 bits per heavy atom. The van der Waals surface area contributed by atoms with Crippen molar-refractivity contribution in [2.45, 2.75) is 5.03 Å². The maximum atomic E-state index is 12.2. The summed E-state index contributed by atoms with van der Waals surface area (Å²) >= 11 is 0. The zero-order valence-electron chi connectivity index (χ0n) is 9.44. The van der Waals surface area contributed by atoms with E-state index in [4.69, 9.17) is 9.84 Å². The summed E-state index contributed by atoms with van der Waals surface area (Å²) in [5, 5.41) is 8.58. The van der Waals surface area contributed by atoms with Crippen molar-refractivity contribution in [2.24, 2.45) is 0 Å². The van der Waals surface area contributed by atoms with Crippen molar-refractivity contribution in [3.8, 4) is 0 Å². The van der Waals surface area contributed by atoms with Crippen LogP contribution < -0.4 is 0 Å². The molecule has 0 amide bonds. The Morgan fingerprint density at radius 3 is 2.67 bits per heavy atom. The summed E-state index contributed by atoms with van der Waals surface area (Å²) < 4.78 is 30.7. The molecule has 8 heteroatoms. The van der Waals surface area contributed by atoms with Gasteiger partial charge in [0.1, 0.15) is 0 Å². The summed E-state index contributed by atoms with van der Waals surface area (Å²) in [6, 6.07) is 2.31. The van der Waals surface area contributed by atoms with Gasteiger partial charge in [-0.15, -0.1) is 0 Å². The molecule has 0 atom stereocenters. The lowest BCUT2D eigenvalue weighted by Crippen LogP contribution is -2.40. The molecule has 0 radical (unpaired) electrons. The van der Waals surface area contributed by atoms with Crippen molar-refractivity contribution >= 4 is 16.0 Å². The number of rotatable bonds is 3. The fraction of sp³-hybridized carbons (Fsp3) is 0.400. The molecule has 1 aliphatic heterocycles. The smallest absolute Gasteiger partial charge is 0.335 e. The molecule has 2 rings (SSSR count). The number of ether oxygens (including phenoxy) is 1. The Bertz CT molecular complexity index is 551. The van der Waals surface area contributed by atoms with E-state index in [1.165, 1.54) is 16.6 Å². The highest BCUT2D eigenvalue weighted by Crippen LogP contribution is 2.15. The van der Waals surface area contributed by atoms with Crippen LogP contribution in [0.15, 0.2) is 23.4 Å². The molecule has 1 saturated heterocycles. The van der Waals surface area contributed by atoms with Crippen molar-refractivity contribution in [1.29, 1.82) is 0 Å². The van der Waals surface area contributed by atoms with Crippen LogP contribution in [0.1, 0.15) is 10.4 Å². The van der Waals surface area contributed by atoms with E-state index in [1.807, 2.05) is 0 Å². The second-order valence-electron chi connectivity index (χ2n) is 3.70. The van der Waals surface area contributed by atoms with E-state index >= 15 is 0 Å². The molecule has 0 saturated carbocycles. The van der Waals surface area contributed by atoms with E-state index in [2.05, 4.69) is 4.98 Å². The predicted molar refractivity (Wildman–Crippen MR) is 60.8 cm³/mol. The average Bonchev–Trinajstić information content (AvgIpc) is 2.40. The SMILES string of the molecule is O=C(O)c1ccnc(S(=O)(=O)N2CCOCC2)c1. The number of carbonyl (C=O) groups is 1. The molecule has 1 fully saturated rings. The van der Waals surface area contributed by atoms with Crippen molar-refractivity contribution < 1.29 is 23.1 Å². The van der Waals surface area contributed by atoms with Crippen molar-refractivity contribution in [3.63, 3.8) is 0 Å². The highest BCUT2D eigenvalue weighted by atomic mass is 32.2. The zero-order valence-corrected chi connectivity index (χ0v) is 10.3. The lowest BCUT2D eigenvalue weighted by molar-refractivity contribution is 0.0695. The highest BCUT2D eigenvalue weighted by molar-refractivity contribution is 7.89. The number of sulfonamides is 1. The van der Waals surface area contributed by atoms with Crippen LogP contribution in [0.25, 0.3) is 0 Å². The lowest BCUT2D eigenvalue weighted by atomic mass is 10.3. The number of carboxylic acids is 1. The van der Waals surface area contributed by atoms with Crippen LogP contribution in [0.5, 0.6) is 0 Å². The van der Waals surface area contributed by atoms with Crippen LogP contribution in [0.2, 0.25) is 0 Å². The molecule has 0 unspecified atom stereocenters. The normalized spacial score (nSPS) is 17.6. The Kier molecular flexibility index (Phi) is 3.60. The van der Waals surface area contributed by atoms with Crippen molar-refractivity contribution in [1.82, 2.24) is 9.29 Å². The van der Waals surface area contributed by atoms with Gasteiger partial charge in [0.05, 0.1) is 18.8 Å². The molecule has 1 aromatic rings. The first-order valence-corrected chi connectivity index (χ1v) is 6.73. The molecule has 18 heavy (non-hydrogen) atoms. The zero-order chi connectivity index (χ0) is 13.2. The van der Waals surface area contributed by atoms with Gasteiger partial charge in [-0.2, -0.15) is 4.31 Å². The Labute approximate surface area is 104 Å². The first-order valence-electron chi connectivity index (χ1n) is 5.29. The molecule has 1 aromatic heterocycles. The van der Waals surface area contributed by atoms with Crippen molar-refractivity contribution in [2.75, 3.05) is 26.3 Å². The van der Waals surface area contributed by atoms with Crippen LogP contribution >= 0.6 is 0 Å². The Hall–Kier alpha value is -1.51. The van der Waals surface area contributed by atoms with E-state index in [-0.39, 0.29) is 23.7 Å². The first kappa shape index (κ1) is 12.9. The highest BCUT2D eigenvalue weighted by Gasteiger charge is 2.28. The van der Waals surface area contributed by atoms with Gasteiger partial charge in [-0.05, 0) is 12.1 Å². The number of aromatic nitrogens is 1. The summed E-state index contributed by atoms with van der Waals surface area (Å²) in [4.78, 5) is 14.5. The number of morpholine rings is 1. The number of hydrogen-bond donors (Lipinski definition) is 1. The van der Waals surface area contributed by atoms with Gasteiger partial charge >= 0.3 is 5.97 Å². The monoisotopic (exact) mass is 272 g/mol. The lowest BCUT2D eigenvalue weighted by Gasteiger charge is -2.25. The van der Waals surface area contributed by atoms with Crippen LogP contribution in [0.4, 0.5) is 0 Å². The molecule has 98 valence electrons. The molecular formula is C10H12N2O5S. The number of hydrogen-bond acceptors (Lipinski definition) is 5. The maximum Gasteiger partial charge on any atom is 0.335 e. The number of nitrogens with zero attached hydrogens (tertiary/aromatic N) is 2. The van der Waals surface area contributed by atoms with Crippen LogP contribution in [0.3, 0.4) is 0 Å². The summed E-state index contributed by atoms with van der Waals surface area (Å²) in [6.07, 6.45) is 1.18. The second-order valence-corrected chi connectivity index (χ2v) is 5.59. The van der Waals surface area contributed by atoms with E-state index in [0.29, 0.717) is 13.2 Å². The minimum atomic E-state index is -3.74. The molecule has 0 aromatic carbocycles. The molecule has 0 bridgehead atoms. The third-order valence-corrected chi connectivity index (χ3v) is 4.35. The topological polar surface area (TPSA) is 96.8 Å². The van der Waals surface area contributed by atoms with E-state index in [1.54, 1.807) is 0 Å². The van der Waals surface area contributed by atoms with Gasteiger partial charge in [0.15, 0.2) is 5.03 Å². The fourth-order valence-corrected chi connectivity index (χ4v) is 2.97. The summed E-state index contributed by atoms with van der Waals surface area (Å²) in [6.45, 7) is 1.17. The van der Waals surface area contributed by atoms with Gasteiger partial charge in [0.2, 0.25) is 0 Å². The van der Waals surface area contributed by atoms with E-state index in [9.17, 15) is 13.2 Å². The Balaban J connectivity index is 2.34. The molecule has 2 heterocycles. The summed E-state index contributed by atoms with van der Waals surface area (Å²) in [5.41, 5.74) is -0.100. The van der Waals surface area contributed by atoms with Gasteiger partial charge < -0.3 is 9.84 Å². The van der Waals surface area contributed by atoms with Gasteiger partial charge in [-0.1, -0.05) is 0 Å². The van der Waals surface area contributed by atoms with Crippen molar-refractivity contribution in [3.05, 3.63) is 23.9 Å². The molecular weight excluding hydrogens is 260 g/mol. The minimum absolute atomic E-state index is 0.100. The van der Waals surface area contributed by atoms with Gasteiger partial charge in [-0.25, -0.2) is 18.2 Å². The van der Waals surface area contributed by atoms with Crippen LogP contribution in [0, 0.1) is 0 Å². The van der Waals surface area contributed by atoms with Gasteiger partial charge in [-0.3, -0.25) is 0 Å². The van der Waals surface area contributed by atoms with E-state index < -0.39 is 16.0 Å².